The number of pyridine rings is 1. The van der Waals surface area contributed by atoms with Crippen molar-refractivity contribution in [3.8, 4) is 16.9 Å². The summed E-state index contributed by atoms with van der Waals surface area (Å²) >= 11 is 0. The van der Waals surface area contributed by atoms with Gasteiger partial charge in [0.25, 0.3) is 17.4 Å². The summed E-state index contributed by atoms with van der Waals surface area (Å²) < 4.78 is 11.1. The average Bonchev–Trinajstić information content (AvgIpc) is 3.61. The van der Waals surface area contributed by atoms with Crippen molar-refractivity contribution in [2.75, 3.05) is 25.4 Å². The van der Waals surface area contributed by atoms with Gasteiger partial charge in [0.15, 0.2) is 11.6 Å². The van der Waals surface area contributed by atoms with Crippen molar-refractivity contribution in [3.05, 3.63) is 93.9 Å². The molecule has 14 heteroatoms. The van der Waals surface area contributed by atoms with E-state index in [1.807, 2.05) is 28.8 Å². The SMILES string of the molecule is CC(C)(O)C(=O)N1CCC(c2cc(-c3ccc(C4OCCn5c4c(C(N)=O)c(=O)n5-c4ccccn4)cc3)c3c(N)ncnn23)CC1. The minimum absolute atomic E-state index is 0.110. The first kappa shape index (κ1) is 30.3. The van der Waals surface area contributed by atoms with Crippen molar-refractivity contribution in [1.29, 1.82) is 0 Å². The third-order valence-corrected chi connectivity index (χ3v) is 8.99. The zero-order chi connectivity index (χ0) is 33.0. The molecule has 2 aliphatic heterocycles. The highest BCUT2D eigenvalue weighted by molar-refractivity contribution is 5.94. The van der Waals surface area contributed by atoms with E-state index in [1.54, 1.807) is 34.0 Å². The summed E-state index contributed by atoms with van der Waals surface area (Å²) in [7, 11) is 0. The predicted octanol–water partition coefficient (Wildman–Crippen LogP) is 2.02. The van der Waals surface area contributed by atoms with Crippen LogP contribution in [0.5, 0.6) is 0 Å². The number of anilines is 1. The van der Waals surface area contributed by atoms with Gasteiger partial charge in [-0.2, -0.15) is 9.78 Å². The highest BCUT2D eigenvalue weighted by Crippen LogP contribution is 2.38. The zero-order valence-electron chi connectivity index (χ0n) is 26.0. The summed E-state index contributed by atoms with van der Waals surface area (Å²) in [6, 6.07) is 14.9. The topological polar surface area (TPSA) is 189 Å². The van der Waals surface area contributed by atoms with Crippen LogP contribution in [0, 0.1) is 0 Å². The summed E-state index contributed by atoms with van der Waals surface area (Å²) in [5.41, 5.74) is 14.5. The summed E-state index contributed by atoms with van der Waals surface area (Å²) in [5, 5.41) is 14.7. The van der Waals surface area contributed by atoms with Gasteiger partial charge in [-0.3, -0.25) is 19.1 Å². The van der Waals surface area contributed by atoms with Crippen molar-refractivity contribution in [1.82, 2.24) is 33.8 Å². The second-order valence-electron chi connectivity index (χ2n) is 12.4. The number of nitrogen functional groups attached to an aromatic ring is 1. The van der Waals surface area contributed by atoms with E-state index < -0.39 is 23.2 Å². The van der Waals surface area contributed by atoms with Gasteiger partial charge in [0.1, 0.15) is 29.1 Å². The maximum absolute atomic E-state index is 13.5. The predicted molar refractivity (Wildman–Crippen MR) is 172 cm³/mol. The number of fused-ring (bicyclic) bond motifs is 2. The number of hydrogen-bond acceptors (Lipinski definition) is 9. The number of aliphatic hydroxyl groups is 1. The van der Waals surface area contributed by atoms with Gasteiger partial charge in [0, 0.05) is 36.5 Å². The minimum atomic E-state index is -1.42. The highest BCUT2D eigenvalue weighted by Gasteiger charge is 2.36. The summed E-state index contributed by atoms with van der Waals surface area (Å²) in [5.74, 6) is -0.287. The van der Waals surface area contributed by atoms with Crippen molar-refractivity contribution in [2.45, 2.75) is 50.9 Å². The van der Waals surface area contributed by atoms with Crippen molar-refractivity contribution < 1.29 is 19.4 Å². The molecule has 0 aliphatic carbocycles. The molecule has 6 heterocycles. The normalized spacial score (nSPS) is 17.2. The number of ether oxygens (including phenoxy) is 1. The summed E-state index contributed by atoms with van der Waals surface area (Å²) in [6.07, 6.45) is 3.70. The highest BCUT2D eigenvalue weighted by atomic mass is 16.5. The number of carbonyl (C=O) groups is 2. The third-order valence-electron chi connectivity index (χ3n) is 8.99. The molecule has 2 aliphatic rings. The molecule has 5 N–H and O–H groups in total. The van der Waals surface area contributed by atoms with Crippen LogP contribution in [-0.2, 0) is 16.1 Å². The largest absolute Gasteiger partial charge is 0.382 e. The Morgan fingerprint density at radius 3 is 2.45 bits per heavy atom. The van der Waals surface area contributed by atoms with Crippen LogP contribution >= 0.6 is 0 Å². The number of carbonyl (C=O) groups excluding carboxylic acids is 2. The minimum Gasteiger partial charge on any atom is -0.382 e. The lowest BCUT2D eigenvalue weighted by Gasteiger charge is -2.35. The Morgan fingerprint density at radius 1 is 1.04 bits per heavy atom. The molecule has 1 saturated heterocycles. The molecule has 242 valence electrons. The molecule has 7 rings (SSSR count). The third kappa shape index (κ3) is 5.15. The van der Waals surface area contributed by atoms with Gasteiger partial charge in [-0.15, -0.1) is 0 Å². The van der Waals surface area contributed by atoms with Crippen molar-refractivity contribution in [2.24, 2.45) is 5.73 Å². The first-order chi connectivity index (χ1) is 22.5. The van der Waals surface area contributed by atoms with Crippen LogP contribution in [0.25, 0.3) is 22.5 Å². The molecule has 2 amide bonds. The lowest BCUT2D eigenvalue weighted by atomic mass is 9.92. The molecular formula is C33H35N9O5. The van der Waals surface area contributed by atoms with Crippen LogP contribution in [0.4, 0.5) is 5.82 Å². The van der Waals surface area contributed by atoms with Crippen LogP contribution in [0.3, 0.4) is 0 Å². The Hall–Kier alpha value is -5.34. The number of nitrogens with zero attached hydrogens (tertiary/aromatic N) is 7. The molecule has 0 spiro atoms. The lowest BCUT2D eigenvalue weighted by Crippen LogP contribution is -2.48. The van der Waals surface area contributed by atoms with E-state index in [9.17, 15) is 19.5 Å². The van der Waals surface area contributed by atoms with E-state index in [4.69, 9.17) is 16.2 Å². The molecular weight excluding hydrogens is 602 g/mol. The maximum Gasteiger partial charge on any atom is 0.286 e. The van der Waals surface area contributed by atoms with E-state index in [1.165, 1.54) is 24.9 Å². The number of nitrogens with two attached hydrogens (primary N) is 2. The molecule has 1 atom stereocenters. The monoisotopic (exact) mass is 637 g/mol. The summed E-state index contributed by atoms with van der Waals surface area (Å²) in [4.78, 5) is 49.0. The Bertz CT molecular complexity index is 2050. The number of amides is 2. The Labute approximate surface area is 269 Å². The smallest absolute Gasteiger partial charge is 0.286 e. The first-order valence-corrected chi connectivity index (χ1v) is 15.5. The fraction of sp³-hybridized carbons (Fsp3) is 0.333. The molecule has 0 radical (unpaired) electrons. The Kier molecular flexibility index (Phi) is 7.40. The average molecular weight is 638 g/mol. The van der Waals surface area contributed by atoms with Gasteiger partial charge in [0.2, 0.25) is 0 Å². The molecule has 0 saturated carbocycles. The van der Waals surface area contributed by atoms with Crippen molar-refractivity contribution in [3.63, 3.8) is 0 Å². The van der Waals surface area contributed by atoms with E-state index in [0.29, 0.717) is 61.9 Å². The molecule has 4 aromatic heterocycles. The fourth-order valence-electron chi connectivity index (χ4n) is 6.78. The van der Waals surface area contributed by atoms with E-state index in [0.717, 1.165) is 22.4 Å². The molecule has 14 nitrogen and oxygen atoms in total. The molecule has 47 heavy (non-hydrogen) atoms. The maximum atomic E-state index is 13.5. The van der Waals surface area contributed by atoms with E-state index in [-0.39, 0.29) is 17.4 Å². The van der Waals surface area contributed by atoms with Crippen LogP contribution < -0.4 is 17.0 Å². The molecule has 1 aromatic carbocycles. The number of rotatable bonds is 6. The van der Waals surface area contributed by atoms with Crippen LogP contribution in [0.1, 0.15) is 66.0 Å². The van der Waals surface area contributed by atoms with Gasteiger partial charge >= 0.3 is 0 Å². The second-order valence-corrected chi connectivity index (χ2v) is 12.4. The van der Waals surface area contributed by atoms with Gasteiger partial charge < -0.3 is 26.2 Å². The number of piperidine rings is 1. The van der Waals surface area contributed by atoms with Crippen molar-refractivity contribution >= 4 is 23.1 Å². The zero-order valence-corrected chi connectivity index (χ0v) is 26.0. The molecule has 0 bridgehead atoms. The molecule has 1 unspecified atom stereocenters. The van der Waals surface area contributed by atoms with Gasteiger partial charge in [-0.05, 0) is 56.0 Å². The number of hydrogen-bond donors (Lipinski definition) is 3. The first-order valence-electron chi connectivity index (χ1n) is 15.5. The van der Waals surface area contributed by atoms with Crippen LogP contribution in [0.15, 0.2) is 65.8 Å². The standard InChI is InChI=1S/C33H35N9O5/c1-33(2,46)32(45)39-13-10-20(11-14-39)23-17-22(26-29(34)37-18-38-41(23)26)19-6-8-21(9-7-19)28-27-25(30(35)43)31(44)42(40(27)15-16-47-28)24-5-3-4-12-36-24/h3-9,12,17-18,20,28,46H,10-11,13-16H2,1-2H3,(H2,35,43)(H2,34,37,38). The Balaban J connectivity index is 1.23. The van der Waals surface area contributed by atoms with E-state index >= 15 is 0 Å². The van der Waals surface area contributed by atoms with E-state index in [2.05, 4.69) is 21.1 Å². The van der Waals surface area contributed by atoms with Gasteiger partial charge in [-0.25, -0.2) is 14.5 Å². The lowest BCUT2D eigenvalue weighted by molar-refractivity contribution is -0.148. The van der Waals surface area contributed by atoms with Gasteiger partial charge in [-0.1, -0.05) is 30.3 Å². The summed E-state index contributed by atoms with van der Waals surface area (Å²) in [6.45, 7) is 4.70. The van der Waals surface area contributed by atoms with Crippen LogP contribution in [-0.4, -0.2) is 76.1 Å². The number of likely N-dealkylation sites (tertiary alicyclic amines) is 1. The Morgan fingerprint density at radius 2 is 1.79 bits per heavy atom. The molecule has 5 aromatic rings. The quantitative estimate of drug-likeness (QED) is 0.250. The number of primary amides is 1. The number of aromatic nitrogens is 6. The second kappa shape index (κ2) is 11.5. The molecule has 1 fully saturated rings. The number of benzene rings is 1. The van der Waals surface area contributed by atoms with Gasteiger partial charge in [0.05, 0.1) is 18.8 Å². The fourth-order valence-corrected chi connectivity index (χ4v) is 6.78. The van der Waals surface area contributed by atoms with Crippen LogP contribution in [0.2, 0.25) is 0 Å².